The van der Waals surface area contributed by atoms with E-state index in [-0.39, 0.29) is 17.2 Å². The Kier molecular flexibility index (Phi) is 4.84. The number of anilines is 2. The average molecular weight is 448 g/mol. The number of rotatable bonds is 3. The Morgan fingerprint density at radius 1 is 0.882 bits per heavy atom. The topological polar surface area (TPSA) is 46.1 Å². The molecule has 6 rings (SSSR count). The first-order valence-corrected chi connectivity index (χ1v) is 12.0. The van der Waals surface area contributed by atoms with E-state index in [0.717, 1.165) is 41.2 Å². The molecule has 0 amide bonds. The van der Waals surface area contributed by atoms with Gasteiger partial charge in [0, 0.05) is 46.9 Å². The van der Waals surface area contributed by atoms with Gasteiger partial charge in [0.1, 0.15) is 0 Å². The number of nitrogens with one attached hydrogen (secondary N) is 2. The van der Waals surface area contributed by atoms with Crippen LogP contribution in [0.15, 0.2) is 96.3 Å². The van der Waals surface area contributed by atoms with Gasteiger partial charge >= 0.3 is 0 Å². The van der Waals surface area contributed by atoms with Crippen LogP contribution in [0.1, 0.15) is 43.9 Å². The Hall–Kier alpha value is -3.79. The molecule has 3 aromatic carbocycles. The van der Waals surface area contributed by atoms with Crippen LogP contribution in [0.25, 0.3) is 10.9 Å². The van der Waals surface area contributed by atoms with Gasteiger partial charge in [0.15, 0.2) is 5.78 Å². The van der Waals surface area contributed by atoms with Gasteiger partial charge in [0.05, 0.1) is 17.4 Å². The highest BCUT2D eigenvalue weighted by molar-refractivity contribution is 6.02. The molecular formula is C30H29N3O. The molecule has 0 saturated heterocycles. The lowest BCUT2D eigenvalue weighted by Crippen LogP contribution is -2.31. The number of carbonyl (C=O) groups is 1. The maximum absolute atomic E-state index is 13.6. The van der Waals surface area contributed by atoms with Gasteiger partial charge in [-0.1, -0.05) is 74.5 Å². The molecule has 1 aliphatic carbocycles. The highest BCUT2D eigenvalue weighted by Crippen LogP contribution is 2.46. The molecule has 2 heterocycles. The summed E-state index contributed by atoms with van der Waals surface area (Å²) in [6.45, 7) is 5.15. The second kappa shape index (κ2) is 7.91. The number of allylic oxidation sites excluding steroid dienone is 1. The SMILES string of the molecule is CC1(C)CC(=O)C2=C(C1)Nc1ccccc1NC2c1cn(Cc2ccccc2)c2ccccc12. The minimum absolute atomic E-state index is 0.0614. The maximum atomic E-state index is 13.6. The van der Waals surface area contributed by atoms with Crippen molar-refractivity contribution in [2.24, 2.45) is 5.41 Å². The summed E-state index contributed by atoms with van der Waals surface area (Å²) in [5.74, 6) is 0.226. The lowest BCUT2D eigenvalue weighted by Gasteiger charge is -2.34. The maximum Gasteiger partial charge on any atom is 0.163 e. The van der Waals surface area contributed by atoms with Gasteiger partial charge in [0.25, 0.3) is 0 Å². The second-order valence-electron chi connectivity index (χ2n) is 10.3. The minimum atomic E-state index is -0.211. The van der Waals surface area contributed by atoms with E-state index in [0.29, 0.717) is 6.42 Å². The van der Waals surface area contributed by atoms with Gasteiger partial charge in [-0.15, -0.1) is 0 Å². The van der Waals surface area contributed by atoms with Crippen molar-refractivity contribution in [2.75, 3.05) is 10.6 Å². The summed E-state index contributed by atoms with van der Waals surface area (Å²) in [5, 5.41) is 8.56. The highest BCUT2D eigenvalue weighted by atomic mass is 16.1. The summed E-state index contributed by atoms with van der Waals surface area (Å²) in [7, 11) is 0. The van der Waals surface area contributed by atoms with E-state index < -0.39 is 0 Å². The van der Waals surface area contributed by atoms with Crippen LogP contribution in [-0.4, -0.2) is 10.4 Å². The van der Waals surface area contributed by atoms with Gasteiger partial charge in [-0.2, -0.15) is 0 Å². The first-order valence-electron chi connectivity index (χ1n) is 12.0. The Balaban J connectivity index is 1.54. The first kappa shape index (κ1) is 20.8. The number of ketones is 1. The largest absolute Gasteiger partial charge is 0.372 e. The summed E-state index contributed by atoms with van der Waals surface area (Å²) in [6, 6.07) is 27.1. The Morgan fingerprint density at radius 3 is 2.41 bits per heavy atom. The van der Waals surface area contributed by atoms with Crippen LogP contribution in [0.3, 0.4) is 0 Å². The quantitative estimate of drug-likeness (QED) is 0.359. The summed E-state index contributed by atoms with van der Waals surface area (Å²) in [5.41, 5.74) is 7.48. The van der Waals surface area contributed by atoms with E-state index >= 15 is 0 Å². The first-order chi connectivity index (χ1) is 16.5. The number of aromatic nitrogens is 1. The van der Waals surface area contributed by atoms with E-state index in [9.17, 15) is 4.79 Å². The van der Waals surface area contributed by atoms with Crippen LogP contribution >= 0.6 is 0 Å². The molecule has 1 aliphatic heterocycles. The molecule has 0 bridgehead atoms. The number of benzene rings is 3. The van der Waals surface area contributed by atoms with E-state index in [4.69, 9.17) is 0 Å². The molecule has 0 spiro atoms. The second-order valence-corrected chi connectivity index (χ2v) is 10.3. The van der Waals surface area contributed by atoms with Crippen molar-refractivity contribution >= 4 is 28.1 Å². The molecule has 1 aromatic heterocycles. The van der Waals surface area contributed by atoms with Crippen LogP contribution in [0, 0.1) is 5.41 Å². The van der Waals surface area contributed by atoms with Gasteiger partial charge in [-0.25, -0.2) is 0 Å². The number of nitrogens with zero attached hydrogens (tertiary/aromatic N) is 1. The number of hydrogen-bond acceptors (Lipinski definition) is 3. The Morgan fingerprint density at radius 2 is 1.59 bits per heavy atom. The fourth-order valence-corrected chi connectivity index (χ4v) is 5.54. The van der Waals surface area contributed by atoms with Crippen molar-refractivity contribution in [1.29, 1.82) is 0 Å². The number of Topliss-reactive ketones (excluding diaryl/α,β-unsaturated/α-hetero) is 1. The fraction of sp³-hybridized carbons (Fsp3) is 0.233. The van der Waals surface area contributed by atoms with Crippen molar-refractivity contribution in [2.45, 2.75) is 39.3 Å². The molecule has 4 nitrogen and oxygen atoms in total. The van der Waals surface area contributed by atoms with Gasteiger partial charge < -0.3 is 15.2 Å². The summed E-state index contributed by atoms with van der Waals surface area (Å²) in [4.78, 5) is 13.6. The van der Waals surface area contributed by atoms with Gasteiger partial charge in [-0.05, 0) is 35.6 Å². The van der Waals surface area contributed by atoms with Crippen molar-refractivity contribution in [1.82, 2.24) is 4.57 Å². The third-order valence-electron chi connectivity index (χ3n) is 7.05. The van der Waals surface area contributed by atoms with Crippen molar-refractivity contribution < 1.29 is 4.79 Å². The Bertz CT molecular complexity index is 1430. The monoisotopic (exact) mass is 447 g/mol. The molecule has 0 fully saturated rings. The third kappa shape index (κ3) is 3.60. The summed E-state index contributed by atoms with van der Waals surface area (Å²) in [6.07, 6.45) is 3.65. The third-order valence-corrected chi connectivity index (χ3v) is 7.05. The molecule has 0 saturated carbocycles. The summed E-state index contributed by atoms with van der Waals surface area (Å²) >= 11 is 0. The Labute approximate surface area is 200 Å². The molecule has 1 atom stereocenters. The van der Waals surface area contributed by atoms with Crippen LogP contribution in [0.2, 0.25) is 0 Å². The molecule has 4 heteroatoms. The summed E-state index contributed by atoms with van der Waals surface area (Å²) < 4.78 is 2.31. The van der Waals surface area contributed by atoms with Crippen molar-refractivity contribution in [3.63, 3.8) is 0 Å². The molecular weight excluding hydrogens is 418 g/mol. The number of carbonyl (C=O) groups excluding carboxylic acids is 1. The predicted molar refractivity (Wildman–Crippen MR) is 139 cm³/mol. The lowest BCUT2D eigenvalue weighted by atomic mass is 9.73. The average Bonchev–Trinajstić information content (AvgIpc) is 3.08. The van der Waals surface area contributed by atoms with Crippen molar-refractivity contribution in [3.8, 4) is 0 Å². The fourth-order valence-electron chi connectivity index (χ4n) is 5.54. The van der Waals surface area contributed by atoms with E-state index in [2.05, 4.69) is 95.9 Å². The predicted octanol–water partition coefficient (Wildman–Crippen LogP) is 6.91. The van der Waals surface area contributed by atoms with E-state index in [1.807, 2.05) is 18.2 Å². The number of fused-ring (bicyclic) bond motifs is 2. The number of hydrogen-bond donors (Lipinski definition) is 2. The zero-order valence-electron chi connectivity index (χ0n) is 19.6. The normalized spacial score (nSPS) is 19.1. The van der Waals surface area contributed by atoms with Gasteiger partial charge in [-0.3, -0.25) is 4.79 Å². The molecule has 34 heavy (non-hydrogen) atoms. The van der Waals surface area contributed by atoms with Gasteiger partial charge in [0.2, 0.25) is 0 Å². The zero-order valence-corrected chi connectivity index (χ0v) is 19.6. The molecule has 1 unspecified atom stereocenters. The zero-order chi connectivity index (χ0) is 23.3. The standard InChI is InChI=1S/C30H29N3O/c1-30(2)16-25-28(27(34)17-30)29(32-24-14-8-7-13-23(24)31-25)22-19-33(18-20-10-4-3-5-11-20)26-15-9-6-12-21(22)26/h3-15,19,29,31-32H,16-18H2,1-2H3. The lowest BCUT2D eigenvalue weighted by molar-refractivity contribution is -0.118. The molecule has 2 aliphatic rings. The smallest absolute Gasteiger partial charge is 0.163 e. The molecule has 170 valence electrons. The van der Waals surface area contributed by atoms with E-state index in [1.54, 1.807) is 0 Å². The minimum Gasteiger partial charge on any atom is -0.372 e. The number of para-hydroxylation sites is 3. The molecule has 0 radical (unpaired) electrons. The highest BCUT2D eigenvalue weighted by Gasteiger charge is 2.39. The van der Waals surface area contributed by atoms with Crippen LogP contribution in [0.4, 0.5) is 11.4 Å². The van der Waals surface area contributed by atoms with Crippen molar-refractivity contribution in [3.05, 3.63) is 107 Å². The molecule has 2 N–H and O–H groups in total. The van der Waals surface area contributed by atoms with Crippen LogP contribution in [0.5, 0.6) is 0 Å². The van der Waals surface area contributed by atoms with E-state index in [1.165, 1.54) is 16.5 Å². The molecule has 4 aromatic rings. The van der Waals surface area contributed by atoms with Crippen LogP contribution < -0.4 is 10.6 Å². The van der Waals surface area contributed by atoms with Crippen LogP contribution in [-0.2, 0) is 11.3 Å².